The molecule has 0 N–H and O–H groups in total. The number of pyridine rings is 1. The zero-order valence-corrected chi connectivity index (χ0v) is 15.4. The normalized spacial score (nSPS) is 24.4. The molecular formula is C20H30N2O2. The minimum Gasteiger partial charge on any atom is -0.492 e. The molecule has 3 rings (SSSR count). The predicted octanol–water partition coefficient (Wildman–Crippen LogP) is 3.97. The predicted molar refractivity (Wildman–Crippen MR) is 96.8 cm³/mol. The molecule has 132 valence electrons. The van der Waals surface area contributed by atoms with Crippen LogP contribution in [0.5, 0.6) is 5.75 Å². The van der Waals surface area contributed by atoms with Gasteiger partial charge < -0.3 is 14.4 Å². The zero-order valence-electron chi connectivity index (χ0n) is 15.4. The van der Waals surface area contributed by atoms with Crippen molar-refractivity contribution in [2.24, 2.45) is 11.8 Å². The van der Waals surface area contributed by atoms with Crippen LogP contribution in [0.4, 0.5) is 5.82 Å². The molecule has 0 unspecified atom stereocenters. The Balaban J connectivity index is 1.81. The monoisotopic (exact) mass is 330 g/mol. The molecule has 24 heavy (non-hydrogen) atoms. The van der Waals surface area contributed by atoms with E-state index in [0.29, 0.717) is 18.6 Å². The maximum absolute atomic E-state index is 11.7. The van der Waals surface area contributed by atoms with Crippen LogP contribution in [0.2, 0.25) is 0 Å². The largest absolute Gasteiger partial charge is 0.492 e. The fraction of sp³-hybridized carbons (Fsp3) is 0.700. The van der Waals surface area contributed by atoms with Crippen molar-refractivity contribution in [1.82, 2.24) is 4.98 Å². The van der Waals surface area contributed by atoms with Gasteiger partial charge in [-0.2, -0.15) is 0 Å². The van der Waals surface area contributed by atoms with E-state index in [2.05, 4.69) is 38.8 Å². The minimum absolute atomic E-state index is 0.330. The van der Waals surface area contributed by atoms with Crippen molar-refractivity contribution in [3.8, 4) is 5.75 Å². The highest BCUT2D eigenvalue weighted by atomic mass is 16.5. The summed E-state index contributed by atoms with van der Waals surface area (Å²) in [6, 6.07) is 2.60. The third kappa shape index (κ3) is 3.42. The first kappa shape index (κ1) is 17.2. The van der Waals surface area contributed by atoms with Crippen molar-refractivity contribution < 1.29 is 9.53 Å². The Kier molecular flexibility index (Phi) is 4.84. The van der Waals surface area contributed by atoms with Gasteiger partial charge in [-0.15, -0.1) is 0 Å². The number of anilines is 1. The second-order valence-electron chi connectivity index (χ2n) is 8.19. The van der Waals surface area contributed by atoms with E-state index in [4.69, 9.17) is 9.72 Å². The van der Waals surface area contributed by atoms with Crippen LogP contribution in [-0.4, -0.2) is 31.0 Å². The molecule has 0 saturated heterocycles. The standard InChI is InChI=1S/C20H30N2O2/c1-14(2)5-8-24-17-11-18(20(13-23)6-7-20)19(21-12-17)22(4)16-9-15(3)10-16/h11-16H,5-10H2,1-4H3. The zero-order chi connectivity index (χ0) is 17.3. The highest BCUT2D eigenvalue weighted by molar-refractivity contribution is 5.77. The van der Waals surface area contributed by atoms with Gasteiger partial charge in [0.15, 0.2) is 0 Å². The molecule has 0 bridgehead atoms. The average molecular weight is 330 g/mol. The van der Waals surface area contributed by atoms with E-state index in [0.717, 1.165) is 48.6 Å². The number of aldehydes is 1. The fourth-order valence-electron chi connectivity index (χ4n) is 3.51. The summed E-state index contributed by atoms with van der Waals surface area (Å²) in [4.78, 5) is 18.7. The lowest BCUT2D eigenvalue weighted by Gasteiger charge is -2.41. The van der Waals surface area contributed by atoms with Gasteiger partial charge in [-0.25, -0.2) is 4.98 Å². The van der Waals surface area contributed by atoms with E-state index < -0.39 is 0 Å². The van der Waals surface area contributed by atoms with Crippen molar-refractivity contribution in [3.63, 3.8) is 0 Å². The molecule has 2 aliphatic rings. The van der Waals surface area contributed by atoms with E-state index in [1.165, 1.54) is 12.8 Å². The molecular weight excluding hydrogens is 300 g/mol. The van der Waals surface area contributed by atoms with Crippen molar-refractivity contribution in [2.45, 2.75) is 64.3 Å². The third-order valence-corrected chi connectivity index (χ3v) is 5.59. The summed E-state index contributed by atoms with van der Waals surface area (Å²) in [6.07, 6.45) is 8.22. The smallest absolute Gasteiger partial charge is 0.138 e. The lowest BCUT2D eigenvalue weighted by Crippen LogP contribution is -2.42. The van der Waals surface area contributed by atoms with Crippen LogP contribution in [0.1, 0.15) is 58.4 Å². The fourth-order valence-corrected chi connectivity index (χ4v) is 3.51. The van der Waals surface area contributed by atoms with Crippen molar-refractivity contribution in [3.05, 3.63) is 17.8 Å². The summed E-state index contributed by atoms with van der Waals surface area (Å²) in [6.45, 7) is 7.37. The lowest BCUT2D eigenvalue weighted by molar-refractivity contribution is -0.109. The SMILES string of the molecule is CC(C)CCOc1cnc(N(C)C2CC(C)C2)c(C2(C=O)CC2)c1. The maximum Gasteiger partial charge on any atom is 0.138 e. The van der Waals surface area contributed by atoms with Crippen LogP contribution >= 0.6 is 0 Å². The summed E-state index contributed by atoms with van der Waals surface area (Å²) < 4.78 is 5.88. The summed E-state index contributed by atoms with van der Waals surface area (Å²) >= 11 is 0. The highest BCUT2D eigenvalue weighted by Gasteiger charge is 2.47. The molecule has 0 amide bonds. The lowest BCUT2D eigenvalue weighted by atomic mass is 9.80. The Morgan fingerprint density at radius 3 is 2.67 bits per heavy atom. The molecule has 4 nitrogen and oxygen atoms in total. The number of hydrogen-bond acceptors (Lipinski definition) is 4. The van der Waals surface area contributed by atoms with Gasteiger partial charge in [0.2, 0.25) is 0 Å². The molecule has 0 atom stereocenters. The topological polar surface area (TPSA) is 42.4 Å². The van der Waals surface area contributed by atoms with Crippen molar-refractivity contribution in [2.75, 3.05) is 18.6 Å². The van der Waals surface area contributed by atoms with E-state index in [-0.39, 0.29) is 5.41 Å². The third-order valence-electron chi connectivity index (χ3n) is 5.59. The van der Waals surface area contributed by atoms with Crippen LogP contribution in [0, 0.1) is 11.8 Å². The van der Waals surface area contributed by atoms with Gasteiger partial charge >= 0.3 is 0 Å². The molecule has 2 fully saturated rings. The molecule has 4 heteroatoms. The number of rotatable bonds is 8. The Labute approximate surface area is 145 Å². The van der Waals surface area contributed by atoms with Gasteiger partial charge in [-0.1, -0.05) is 20.8 Å². The molecule has 1 aromatic heterocycles. The summed E-state index contributed by atoms with van der Waals surface area (Å²) in [5.41, 5.74) is 0.727. The molecule has 0 radical (unpaired) electrons. The first-order valence-corrected chi connectivity index (χ1v) is 9.27. The van der Waals surface area contributed by atoms with Crippen LogP contribution in [0.3, 0.4) is 0 Å². The molecule has 2 saturated carbocycles. The quantitative estimate of drug-likeness (QED) is 0.676. The van der Waals surface area contributed by atoms with Gasteiger partial charge in [0.1, 0.15) is 17.9 Å². The summed E-state index contributed by atoms with van der Waals surface area (Å²) in [5, 5.41) is 0. The number of hydrogen-bond donors (Lipinski definition) is 0. The van der Waals surface area contributed by atoms with E-state index in [9.17, 15) is 4.79 Å². The second kappa shape index (κ2) is 6.73. The number of carbonyl (C=O) groups is 1. The number of ether oxygens (including phenoxy) is 1. The first-order valence-electron chi connectivity index (χ1n) is 9.27. The van der Waals surface area contributed by atoms with Crippen LogP contribution in [0.25, 0.3) is 0 Å². The molecule has 1 aromatic rings. The van der Waals surface area contributed by atoms with Gasteiger partial charge in [0.05, 0.1) is 18.2 Å². The van der Waals surface area contributed by atoms with E-state index in [1.807, 2.05) is 6.20 Å². The second-order valence-corrected chi connectivity index (χ2v) is 8.19. The van der Waals surface area contributed by atoms with Crippen molar-refractivity contribution in [1.29, 1.82) is 0 Å². The Bertz CT molecular complexity index is 589. The van der Waals surface area contributed by atoms with Crippen molar-refractivity contribution >= 4 is 12.1 Å². The average Bonchev–Trinajstić information content (AvgIpc) is 3.32. The maximum atomic E-state index is 11.7. The first-order chi connectivity index (χ1) is 11.4. The Hall–Kier alpha value is -1.58. The van der Waals surface area contributed by atoms with E-state index >= 15 is 0 Å². The molecule has 0 aliphatic heterocycles. The molecule has 1 heterocycles. The van der Waals surface area contributed by atoms with Gasteiger partial charge in [-0.3, -0.25) is 0 Å². The van der Waals surface area contributed by atoms with Gasteiger partial charge in [-0.05, 0) is 50.0 Å². The molecule has 0 aromatic carbocycles. The number of carbonyl (C=O) groups excluding carboxylic acids is 1. The van der Waals surface area contributed by atoms with Gasteiger partial charge in [0.25, 0.3) is 0 Å². The number of nitrogens with zero attached hydrogens (tertiary/aromatic N) is 2. The van der Waals surface area contributed by atoms with Crippen LogP contribution in [-0.2, 0) is 10.2 Å². The Morgan fingerprint density at radius 1 is 1.42 bits per heavy atom. The summed E-state index contributed by atoms with van der Waals surface area (Å²) in [7, 11) is 2.11. The van der Waals surface area contributed by atoms with E-state index in [1.54, 1.807) is 0 Å². The molecule has 0 spiro atoms. The van der Waals surface area contributed by atoms with Crippen LogP contribution in [0.15, 0.2) is 12.3 Å². The van der Waals surface area contributed by atoms with Gasteiger partial charge in [0, 0.05) is 18.7 Å². The minimum atomic E-state index is -0.330. The summed E-state index contributed by atoms with van der Waals surface area (Å²) in [5.74, 6) is 3.17. The highest BCUT2D eigenvalue weighted by Crippen LogP contribution is 2.50. The Morgan fingerprint density at radius 2 is 2.12 bits per heavy atom. The van der Waals surface area contributed by atoms with Crippen LogP contribution < -0.4 is 9.64 Å². The molecule has 2 aliphatic carbocycles. The number of aromatic nitrogens is 1.